The van der Waals surface area contributed by atoms with Gasteiger partial charge in [-0.3, -0.25) is 14.5 Å². The topological polar surface area (TPSA) is 76.8 Å². The standard InChI is InChI=1S/C21H24N6O/c1-15(2)27-13-18(11-25-27)21(28)26-9-5-17(6-10-26)20-19(12-23-14-24-20)16-3-7-22-8-4-16/h3-4,7-8,11-15,17H,5-6,9-10H2,1-2H3. The van der Waals surface area contributed by atoms with Crippen LogP contribution in [0.2, 0.25) is 0 Å². The minimum absolute atomic E-state index is 0.0578. The number of rotatable bonds is 4. The lowest BCUT2D eigenvalue weighted by Gasteiger charge is -2.32. The summed E-state index contributed by atoms with van der Waals surface area (Å²) in [5, 5.41) is 4.29. The van der Waals surface area contributed by atoms with Crippen LogP contribution in [0.4, 0.5) is 0 Å². The maximum Gasteiger partial charge on any atom is 0.257 e. The van der Waals surface area contributed by atoms with E-state index in [0.29, 0.717) is 11.5 Å². The Hall–Kier alpha value is -3.09. The molecule has 0 saturated carbocycles. The first-order chi connectivity index (χ1) is 13.6. The van der Waals surface area contributed by atoms with Crippen LogP contribution in [0.1, 0.15) is 54.7 Å². The van der Waals surface area contributed by atoms with E-state index in [9.17, 15) is 4.79 Å². The number of amides is 1. The summed E-state index contributed by atoms with van der Waals surface area (Å²) in [5.41, 5.74) is 3.84. The minimum Gasteiger partial charge on any atom is -0.339 e. The Morgan fingerprint density at radius 1 is 1.11 bits per heavy atom. The van der Waals surface area contributed by atoms with E-state index in [1.54, 1.807) is 24.9 Å². The monoisotopic (exact) mass is 376 g/mol. The molecule has 4 rings (SSSR count). The Bertz CT molecular complexity index is 944. The van der Waals surface area contributed by atoms with Crippen molar-refractivity contribution in [2.45, 2.75) is 38.6 Å². The fraction of sp³-hybridized carbons (Fsp3) is 0.381. The molecular formula is C21H24N6O. The second-order valence-electron chi connectivity index (χ2n) is 7.43. The molecule has 0 atom stereocenters. The second kappa shape index (κ2) is 7.88. The fourth-order valence-electron chi connectivity index (χ4n) is 3.69. The lowest BCUT2D eigenvalue weighted by atomic mass is 9.89. The van der Waals surface area contributed by atoms with Crippen molar-refractivity contribution < 1.29 is 4.79 Å². The van der Waals surface area contributed by atoms with Crippen molar-refractivity contribution in [2.75, 3.05) is 13.1 Å². The molecule has 0 bridgehead atoms. The average molecular weight is 376 g/mol. The lowest BCUT2D eigenvalue weighted by molar-refractivity contribution is 0.0712. The van der Waals surface area contributed by atoms with Crippen LogP contribution < -0.4 is 0 Å². The van der Waals surface area contributed by atoms with Gasteiger partial charge in [0.1, 0.15) is 6.33 Å². The highest BCUT2D eigenvalue weighted by Crippen LogP contribution is 2.33. The molecule has 7 nitrogen and oxygen atoms in total. The van der Waals surface area contributed by atoms with Crippen molar-refractivity contribution in [3.63, 3.8) is 0 Å². The molecule has 0 unspecified atom stereocenters. The van der Waals surface area contributed by atoms with Gasteiger partial charge in [-0.25, -0.2) is 9.97 Å². The van der Waals surface area contributed by atoms with Crippen LogP contribution in [0.15, 0.2) is 49.4 Å². The van der Waals surface area contributed by atoms with Gasteiger partial charge in [-0.1, -0.05) is 0 Å². The van der Waals surface area contributed by atoms with Gasteiger partial charge in [0.25, 0.3) is 5.91 Å². The van der Waals surface area contributed by atoms with Crippen LogP contribution >= 0.6 is 0 Å². The largest absolute Gasteiger partial charge is 0.339 e. The molecule has 7 heteroatoms. The Kier molecular flexibility index (Phi) is 5.14. The number of carbonyl (C=O) groups excluding carboxylic acids is 1. The van der Waals surface area contributed by atoms with Gasteiger partial charge in [0.15, 0.2) is 0 Å². The molecule has 4 heterocycles. The van der Waals surface area contributed by atoms with E-state index in [4.69, 9.17) is 0 Å². The smallest absolute Gasteiger partial charge is 0.257 e. The number of hydrogen-bond donors (Lipinski definition) is 0. The van der Waals surface area contributed by atoms with Crippen molar-refractivity contribution in [2.24, 2.45) is 0 Å². The Morgan fingerprint density at radius 2 is 1.86 bits per heavy atom. The zero-order valence-corrected chi connectivity index (χ0v) is 16.2. The van der Waals surface area contributed by atoms with Crippen molar-refractivity contribution >= 4 is 5.91 Å². The summed E-state index contributed by atoms with van der Waals surface area (Å²) >= 11 is 0. The van der Waals surface area contributed by atoms with Crippen LogP contribution in [-0.4, -0.2) is 48.6 Å². The maximum absolute atomic E-state index is 12.8. The Labute approximate surface area is 164 Å². The van der Waals surface area contributed by atoms with E-state index in [1.807, 2.05) is 34.1 Å². The zero-order chi connectivity index (χ0) is 19.5. The van der Waals surface area contributed by atoms with Crippen LogP contribution in [0.5, 0.6) is 0 Å². The van der Waals surface area contributed by atoms with E-state index in [-0.39, 0.29) is 11.9 Å². The summed E-state index contributed by atoms with van der Waals surface area (Å²) in [6, 6.07) is 4.21. The van der Waals surface area contributed by atoms with Gasteiger partial charge in [-0.05, 0) is 44.4 Å². The number of likely N-dealkylation sites (tertiary alicyclic amines) is 1. The van der Waals surface area contributed by atoms with E-state index < -0.39 is 0 Å². The predicted molar refractivity (Wildman–Crippen MR) is 106 cm³/mol. The first-order valence-corrected chi connectivity index (χ1v) is 9.67. The summed E-state index contributed by atoms with van der Waals surface area (Å²) in [7, 11) is 0. The number of hydrogen-bond acceptors (Lipinski definition) is 5. The van der Waals surface area contributed by atoms with Crippen LogP contribution in [-0.2, 0) is 0 Å². The van der Waals surface area contributed by atoms with Gasteiger partial charge in [-0.15, -0.1) is 0 Å². The molecule has 0 aromatic carbocycles. The molecule has 0 spiro atoms. The molecule has 0 radical (unpaired) electrons. The quantitative estimate of drug-likeness (QED) is 0.698. The third-order valence-electron chi connectivity index (χ3n) is 5.28. The normalized spacial score (nSPS) is 15.2. The Morgan fingerprint density at radius 3 is 2.54 bits per heavy atom. The van der Waals surface area contributed by atoms with Gasteiger partial charge in [0.2, 0.25) is 0 Å². The number of aromatic nitrogens is 5. The van der Waals surface area contributed by atoms with Crippen LogP contribution in [0.3, 0.4) is 0 Å². The fourth-order valence-corrected chi connectivity index (χ4v) is 3.69. The van der Waals surface area contributed by atoms with E-state index in [2.05, 4.69) is 33.9 Å². The molecule has 0 N–H and O–H groups in total. The SMILES string of the molecule is CC(C)n1cc(C(=O)N2CCC(c3ncncc3-c3ccncc3)CC2)cn1. The molecular weight excluding hydrogens is 352 g/mol. The zero-order valence-electron chi connectivity index (χ0n) is 16.2. The first-order valence-electron chi connectivity index (χ1n) is 9.67. The summed E-state index contributed by atoms with van der Waals surface area (Å²) in [5.74, 6) is 0.371. The summed E-state index contributed by atoms with van der Waals surface area (Å²) in [4.78, 5) is 27.6. The van der Waals surface area contributed by atoms with E-state index >= 15 is 0 Å². The lowest BCUT2D eigenvalue weighted by Crippen LogP contribution is -2.38. The molecule has 3 aromatic rings. The molecule has 144 valence electrons. The van der Waals surface area contributed by atoms with E-state index in [1.165, 1.54) is 0 Å². The predicted octanol–water partition coefficient (Wildman–Crippen LogP) is 3.34. The molecule has 1 fully saturated rings. The first kappa shape index (κ1) is 18.3. The Balaban J connectivity index is 1.47. The summed E-state index contributed by atoms with van der Waals surface area (Å²) < 4.78 is 1.82. The maximum atomic E-state index is 12.8. The van der Waals surface area contributed by atoms with Gasteiger partial charge in [0, 0.05) is 55.4 Å². The molecule has 1 saturated heterocycles. The van der Waals surface area contributed by atoms with Crippen molar-refractivity contribution in [1.29, 1.82) is 0 Å². The van der Waals surface area contributed by atoms with Crippen LogP contribution in [0.25, 0.3) is 11.1 Å². The highest BCUT2D eigenvalue weighted by atomic mass is 16.2. The van der Waals surface area contributed by atoms with Crippen molar-refractivity contribution in [3.8, 4) is 11.1 Å². The van der Waals surface area contributed by atoms with E-state index in [0.717, 1.165) is 42.8 Å². The number of pyridine rings is 1. The second-order valence-corrected chi connectivity index (χ2v) is 7.43. The van der Waals surface area contributed by atoms with Crippen molar-refractivity contribution in [1.82, 2.24) is 29.6 Å². The number of nitrogens with zero attached hydrogens (tertiary/aromatic N) is 6. The van der Waals surface area contributed by atoms with Gasteiger partial charge >= 0.3 is 0 Å². The summed E-state index contributed by atoms with van der Waals surface area (Å²) in [6.07, 6.45) is 12.3. The average Bonchev–Trinajstić information content (AvgIpc) is 3.25. The molecule has 28 heavy (non-hydrogen) atoms. The van der Waals surface area contributed by atoms with Crippen LogP contribution in [0, 0.1) is 0 Å². The summed E-state index contributed by atoms with van der Waals surface area (Å²) in [6.45, 7) is 5.54. The minimum atomic E-state index is 0.0578. The molecule has 1 aliphatic heterocycles. The number of piperidine rings is 1. The third-order valence-corrected chi connectivity index (χ3v) is 5.28. The molecule has 0 aliphatic carbocycles. The molecule has 1 aliphatic rings. The van der Waals surface area contributed by atoms with Gasteiger partial charge in [0.05, 0.1) is 17.5 Å². The molecule has 1 amide bonds. The number of carbonyl (C=O) groups is 1. The van der Waals surface area contributed by atoms with Crippen molar-refractivity contribution in [3.05, 3.63) is 60.7 Å². The van der Waals surface area contributed by atoms with Gasteiger partial charge in [-0.2, -0.15) is 5.10 Å². The highest BCUT2D eigenvalue weighted by molar-refractivity contribution is 5.93. The third kappa shape index (κ3) is 3.65. The highest BCUT2D eigenvalue weighted by Gasteiger charge is 2.27. The van der Waals surface area contributed by atoms with Gasteiger partial charge < -0.3 is 4.90 Å². The molecule has 3 aromatic heterocycles.